The lowest BCUT2D eigenvalue weighted by Gasteiger charge is -2.15. The zero-order chi connectivity index (χ0) is 10.0. The van der Waals surface area contributed by atoms with Gasteiger partial charge in [-0.3, -0.25) is 9.59 Å². The van der Waals surface area contributed by atoms with Crippen molar-refractivity contribution < 1.29 is 9.59 Å². The molecule has 1 rings (SSSR count). The third-order valence-corrected chi connectivity index (χ3v) is 2.81. The predicted octanol–water partition coefficient (Wildman–Crippen LogP) is 1.07. The number of carbonyl (C=O) groups excluding carboxylic acids is 2. The fourth-order valence-electron chi connectivity index (χ4n) is 1.68. The van der Waals surface area contributed by atoms with Crippen molar-refractivity contribution in [1.29, 1.82) is 0 Å². The molecule has 4 heteroatoms. The summed E-state index contributed by atoms with van der Waals surface area (Å²) >= 11 is 0. The van der Waals surface area contributed by atoms with E-state index in [4.69, 9.17) is 0 Å². The summed E-state index contributed by atoms with van der Waals surface area (Å²) in [4.78, 5) is 24.2. The monoisotopic (exact) mass is 180 g/mol. The van der Waals surface area contributed by atoms with Crippen LogP contribution in [-0.4, -0.2) is 24.0 Å². The van der Waals surface area contributed by atoms with Crippen molar-refractivity contribution in [3.63, 3.8) is 0 Å². The van der Waals surface area contributed by atoms with Gasteiger partial charge in [-0.05, 0) is 5.92 Å². The fourth-order valence-corrected chi connectivity index (χ4v) is 1.68. The molecule has 71 valence electrons. The number of hydrogen-bond donors (Lipinski definition) is 0. The van der Waals surface area contributed by atoms with E-state index in [1.165, 1.54) is 4.81 Å². The van der Waals surface area contributed by atoms with Crippen LogP contribution in [0.4, 0.5) is 0 Å². The molecule has 3 nitrogen and oxygen atoms in total. The van der Waals surface area contributed by atoms with Crippen LogP contribution < -0.4 is 0 Å². The van der Waals surface area contributed by atoms with Gasteiger partial charge in [0.2, 0.25) is 11.8 Å². The van der Waals surface area contributed by atoms with Gasteiger partial charge in [0.1, 0.15) is 0 Å². The normalized spacial score (nSPS) is 25.2. The van der Waals surface area contributed by atoms with Crippen molar-refractivity contribution in [3.05, 3.63) is 0 Å². The number of nitrogens with zero attached hydrogens (tertiary/aromatic N) is 1. The van der Waals surface area contributed by atoms with Crippen LogP contribution in [0.5, 0.6) is 0 Å². The molecule has 1 fully saturated rings. The van der Waals surface area contributed by atoms with Crippen LogP contribution in [0.2, 0.25) is 6.82 Å². The Kier molecular flexibility index (Phi) is 3.12. The summed E-state index contributed by atoms with van der Waals surface area (Å²) in [5, 5.41) is 0. The van der Waals surface area contributed by atoms with Gasteiger partial charge in [0.25, 0.3) is 7.41 Å². The molecule has 0 aliphatic carbocycles. The second-order valence-corrected chi connectivity index (χ2v) is 3.56. The summed E-state index contributed by atoms with van der Waals surface area (Å²) < 4.78 is 0. The van der Waals surface area contributed by atoms with E-state index in [1.54, 1.807) is 14.2 Å². The molecule has 1 aliphatic rings. The molecule has 2 unspecified atom stereocenters. The van der Waals surface area contributed by atoms with Crippen LogP contribution in [0.25, 0.3) is 0 Å². The van der Waals surface area contributed by atoms with Gasteiger partial charge in [-0.15, -0.1) is 0 Å². The Morgan fingerprint density at radius 3 is 2.62 bits per heavy atom. The van der Waals surface area contributed by atoms with Crippen LogP contribution in [-0.2, 0) is 9.59 Å². The highest BCUT2D eigenvalue weighted by molar-refractivity contribution is 6.42. The Balaban J connectivity index is 2.72. The Morgan fingerprint density at radius 1 is 1.62 bits per heavy atom. The summed E-state index contributed by atoms with van der Waals surface area (Å²) in [6.07, 6.45) is 1.33. The minimum absolute atomic E-state index is 0.0261. The molecule has 0 aromatic heterocycles. The van der Waals surface area contributed by atoms with Gasteiger partial charge in [-0.2, -0.15) is 0 Å². The lowest BCUT2D eigenvalue weighted by Crippen LogP contribution is -2.33. The van der Waals surface area contributed by atoms with Gasteiger partial charge in [0.15, 0.2) is 0 Å². The molecule has 0 saturated carbocycles. The molecule has 2 atom stereocenters. The standard InChI is InChI=1S/C9H15BNO2/c1-4-6(2)7-5-8(12)11(10-3)9(7)13/h6-7H,4-5H2,1-3H3. The molecule has 1 aliphatic heterocycles. The average molecular weight is 180 g/mol. The maximum atomic E-state index is 11.6. The first-order valence-corrected chi connectivity index (χ1v) is 4.77. The Labute approximate surface area is 79.7 Å². The topological polar surface area (TPSA) is 37.4 Å². The summed E-state index contributed by atoms with van der Waals surface area (Å²) in [7, 11) is 1.56. The van der Waals surface area contributed by atoms with E-state index >= 15 is 0 Å². The summed E-state index contributed by atoms with van der Waals surface area (Å²) in [6.45, 7) is 5.78. The SMILES string of the molecule is C[B]N1C(=O)CC(C(C)CC)C1=O. The second kappa shape index (κ2) is 3.94. The van der Waals surface area contributed by atoms with E-state index < -0.39 is 0 Å². The number of hydrogen-bond acceptors (Lipinski definition) is 2. The Hall–Kier alpha value is -0.795. The molecule has 0 N–H and O–H groups in total. The first kappa shape index (κ1) is 10.3. The first-order valence-electron chi connectivity index (χ1n) is 4.77. The third-order valence-electron chi connectivity index (χ3n) is 2.81. The molecule has 1 saturated heterocycles. The van der Waals surface area contributed by atoms with Crippen molar-refractivity contribution in [1.82, 2.24) is 4.81 Å². The van der Waals surface area contributed by atoms with Gasteiger partial charge in [-0.25, -0.2) is 0 Å². The van der Waals surface area contributed by atoms with Crippen LogP contribution in [0.1, 0.15) is 26.7 Å². The van der Waals surface area contributed by atoms with Crippen LogP contribution in [0.3, 0.4) is 0 Å². The van der Waals surface area contributed by atoms with E-state index in [9.17, 15) is 9.59 Å². The smallest absolute Gasteiger partial charge is 0.256 e. The average Bonchev–Trinajstić information content (AvgIpc) is 2.40. The molecular weight excluding hydrogens is 165 g/mol. The van der Waals surface area contributed by atoms with E-state index in [0.717, 1.165) is 6.42 Å². The van der Waals surface area contributed by atoms with Crippen molar-refractivity contribution >= 4 is 19.2 Å². The predicted molar refractivity (Wildman–Crippen MR) is 51.0 cm³/mol. The van der Waals surface area contributed by atoms with Crippen molar-refractivity contribution in [3.8, 4) is 0 Å². The number of rotatable bonds is 3. The third kappa shape index (κ3) is 1.76. The number of carbonyl (C=O) groups is 2. The Bertz CT molecular complexity index is 230. The van der Waals surface area contributed by atoms with E-state index in [1.807, 2.05) is 13.8 Å². The zero-order valence-corrected chi connectivity index (χ0v) is 8.41. The summed E-state index contributed by atoms with van der Waals surface area (Å²) in [6, 6.07) is 0. The lowest BCUT2D eigenvalue weighted by atomic mass is 9.89. The first-order chi connectivity index (χ1) is 6.11. The van der Waals surface area contributed by atoms with E-state index in [-0.39, 0.29) is 17.7 Å². The van der Waals surface area contributed by atoms with Crippen molar-refractivity contribution in [2.24, 2.45) is 11.8 Å². The van der Waals surface area contributed by atoms with Crippen molar-refractivity contribution in [2.45, 2.75) is 33.5 Å². The van der Waals surface area contributed by atoms with E-state index in [2.05, 4.69) is 0 Å². The second-order valence-electron chi connectivity index (χ2n) is 3.56. The zero-order valence-electron chi connectivity index (χ0n) is 8.41. The molecule has 1 radical (unpaired) electrons. The minimum Gasteiger partial charge on any atom is -0.334 e. The Morgan fingerprint density at radius 2 is 2.23 bits per heavy atom. The number of imide groups is 1. The van der Waals surface area contributed by atoms with E-state index in [0.29, 0.717) is 12.3 Å². The van der Waals surface area contributed by atoms with Crippen molar-refractivity contribution in [2.75, 3.05) is 0 Å². The van der Waals surface area contributed by atoms with Crippen LogP contribution in [0.15, 0.2) is 0 Å². The van der Waals surface area contributed by atoms with Crippen LogP contribution >= 0.6 is 0 Å². The minimum atomic E-state index is -0.0892. The molecule has 0 aromatic rings. The summed E-state index contributed by atoms with van der Waals surface area (Å²) in [5.41, 5.74) is 0. The van der Waals surface area contributed by atoms with Gasteiger partial charge in [-0.1, -0.05) is 27.1 Å². The molecule has 1 heterocycles. The highest BCUT2D eigenvalue weighted by atomic mass is 16.2. The van der Waals surface area contributed by atoms with Crippen LogP contribution in [0, 0.1) is 11.8 Å². The lowest BCUT2D eigenvalue weighted by molar-refractivity contribution is -0.134. The van der Waals surface area contributed by atoms with Gasteiger partial charge in [0.05, 0.1) is 0 Å². The molecular formula is C9H15BNO2. The maximum Gasteiger partial charge on any atom is 0.256 e. The molecule has 0 spiro atoms. The highest BCUT2D eigenvalue weighted by Gasteiger charge is 2.39. The molecule has 0 aromatic carbocycles. The van der Waals surface area contributed by atoms with Gasteiger partial charge < -0.3 is 4.81 Å². The fraction of sp³-hybridized carbons (Fsp3) is 0.778. The maximum absolute atomic E-state index is 11.6. The van der Waals surface area contributed by atoms with Gasteiger partial charge in [0, 0.05) is 12.3 Å². The number of amides is 2. The molecule has 2 amide bonds. The highest BCUT2D eigenvalue weighted by Crippen LogP contribution is 2.27. The largest absolute Gasteiger partial charge is 0.334 e. The quantitative estimate of drug-likeness (QED) is 0.481. The molecule has 13 heavy (non-hydrogen) atoms. The molecule has 0 bridgehead atoms. The van der Waals surface area contributed by atoms with Gasteiger partial charge >= 0.3 is 0 Å². The summed E-state index contributed by atoms with van der Waals surface area (Å²) in [5.74, 6) is 0.134.